The smallest absolute Gasteiger partial charge is 0.198 e. The maximum atomic E-state index is 12.9. The molecular formula is C18H16N2O2. The Hall–Kier alpha value is -2.62. The van der Waals surface area contributed by atoms with E-state index in [2.05, 4.69) is 17.1 Å². The molecule has 4 heteroatoms. The molecule has 0 bridgehead atoms. The lowest BCUT2D eigenvalue weighted by molar-refractivity contribution is 0.103. The number of hydrogen-bond donors (Lipinski definition) is 1. The number of ketones is 1. The van der Waals surface area contributed by atoms with Crippen LogP contribution in [0.25, 0.3) is 22.2 Å². The van der Waals surface area contributed by atoms with Crippen molar-refractivity contribution in [1.29, 1.82) is 0 Å². The molecule has 110 valence electrons. The molecule has 22 heavy (non-hydrogen) atoms. The summed E-state index contributed by atoms with van der Waals surface area (Å²) >= 11 is 0. The molecule has 4 nitrogen and oxygen atoms in total. The SMILES string of the molecule is CCCCOc1cccc2c1C(=O)c1cccc3[nH]nc-2c13. The van der Waals surface area contributed by atoms with E-state index in [0.717, 1.165) is 35.0 Å². The molecule has 3 aromatic rings. The third-order valence-corrected chi connectivity index (χ3v) is 4.10. The van der Waals surface area contributed by atoms with Crippen molar-refractivity contribution in [3.63, 3.8) is 0 Å². The number of hydrogen-bond acceptors (Lipinski definition) is 3. The average Bonchev–Trinajstić information content (AvgIpc) is 2.98. The van der Waals surface area contributed by atoms with E-state index < -0.39 is 0 Å². The normalized spacial score (nSPS) is 12.5. The molecule has 0 fully saturated rings. The molecule has 0 radical (unpaired) electrons. The summed E-state index contributed by atoms with van der Waals surface area (Å²) in [5.74, 6) is 0.670. The molecule has 0 atom stereocenters. The zero-order chi connectivity index (χ0) is 15.1. The number of ether oxygens (including phenoxy) is 1. The van der Waals surface area contributed by atoms with Crippen LogP contribution in [-0.4, -0.2) is 22.6 Å². The maximum Gasteiger partial charge on any atom is 0.198 e. The lowest BCUT2D eigenvalue weighted by Crippen LogP contribution is -2.12. The second-order valence-electron chi connectivity index (χ2n) is 5.51. The summed E-state index contributed by atoms with van der Waals surface area (Å²) < 4.78 is 5.84. The van der Waals surface area contributed by atoms with Gasteiger partial charge in [-0.15, -0.1) is 0 Å². The largest absolute Gasteiger partial charge is 0.493 e. The number of aromatic nitrogens is 2. The zero-order valence-electron chi connectivity index (χ0n) is 12.3. The summed E-state index contributed by atoms with van der Waals surface area (Å²) in [6.07, 6.45) is 2.03. The summed E-state index contributed by atoms with van der Waals surface area (Å²) in [4.78, 5) is 12.9. The molecule has 1 aliphatic carbocycles. The van der Waals surface area contributed by atoms with E-state index in [9.17, 15) is 4.79 Å². The van der Waals surface area contributed by atoms with Gasteiger partial charge in [0.2, 0.25) is 0 Å². The lowest BCUT2D eigenvalue weighted by atomic mass is 9.87. The second kappa shape index (κ2) is 4.98. The fourth-order valence-electron chi connectivity index (χ4n) is 3.00. The van der Waals surface area contributed by atoms with E-state index >= 15 is 0 Å². The quantitative estimate of drug-likeness (QED) is 0.579. The molecule has 0 spiro atoms. The summed E-state index contributed by atoms with van der Waals surface area (Å²) in [7, 11) is 0. The number of aromatic amines is 1. The standard InChI is InChI=1S/C18H16N2O2/c1-2-3-10-22-14-9-5-6-11-16(14)18(21)12-7-4-8-13-15(12)17(11)20-19-13/h4-9H,2-3,10H2,1H3,(H,19,20). The van der Waals surface area contributed by atoms with Crippen LogP contribution >= 0.6 is 0 Å². The first-order valence-electron chi connectivity index (χ1n) is 7.59. The highest BCUT2D eigenvalue weighted by molar-refractivity contribution is 6.26. The molecule has 0 saturated heterocycles. The van der Waals surface area contributed by atoms with Crippen LogP contribution in [0.3, 0.4) is 0 Å². The number of benzene rings is 2. The van der Waals surface area contributed by atoms with Crippen LogP contribution in [0.15, 0.2) is 36.4 Å². The maximum absolute atomic E-state index is 12.9. The van der Waals surface area contributed by atoms with Gasteiger partial charge in [-0.2, -0.15) is 5.10 Å². The Labute approximate surface area is 128 Å². The Kier molecular flexibility index (Phi) is 2.96. The predicted octanol–water partition coefficient (Wildman–Crippen LogP) is 3.95. The monoisotopic (exact) mass is 292 g/mol. The van der Waals surface area contributed by atoms with Crippen molar-refractivity contribution in [2.75, 3.05) is 6.61 Å². The number of unbranched alkanes of at least 4 members (excludes halogenated alkanes) is 1. The highest BCUT2D eigenvalue weighted by atomic mass is 16.5. The van der Waals surface area contributed by atoms with Gasteiger partial charge in [-0.05, 0) is 18.6 Å². The first-order chi connectivity index (χ1) is 10.8. The molecular weight excluding hydrogens is 276 g/mol. The zero-order valence-corrected chi connectivity index (χ0v) is 12.3. The lowest BCUT2D eigenvalue weighted by Gasteiger charge is -2.18. The van der Waals surface area contributed by atoms with Crippen molar-refractivity contribution < 1.29 is 9.53 Å². The molecule has 1 aromatic heterocycles. The second-order valence-corrected chi connectivity index (χ2v) is 5.51. The number of carbonyl (C=O) groups excluding carboxylic acids is 1. The predicted molar refractivity (Wildman–Crippen MR) is 85.4 cm³/mol. The summed E-state index contributed by atoms with van der Waals surface area (Å²) in [5.41, 5.74) is 3.90. The number of nitrogens with zero attached hydrogens (tertiary/aromatic N) is 1. The molecule has 0 unspecified atom stereocenters. The summed E-state index contributed by atoms with van der Waals surface area (Å²) in [5, 5.41) is 8.32. The minimum absolute atomic E-state index is 0.0154. The molecule has 4 rings (SSSR count). The first-order valence-corrected chi connectivity index (χ1v) is 7.59. The van der Waals surface area contributed by atoms with Crippen LogP contribution in [0.2, 0.25) is 0 Å². The minimum Gasteiger partial charge on any atom is -0.493 e. The van der Waals surface area contributed by atoms with Crippen molar-refractivity contribution in [3.8, 4) is 17.0 Å². The van der Waals surface area contributed by atoms with Gasteiger partial charge in [-0.1, -0.05) is 37.6 Å². The fourth-order valence-corrected chi connectivity index (χ4v) is 3.00. The van der Waals surface area contributed by atoms with Crippen molar-refractivity contribution in [3.05, 3.63) is 47.5 Å². The van der Waals surface area contributed by atoms with Gasteiger partial charge in [0, 0.05) is 16.5 Å². The van der Waals surface area contributed by atoms with Gasteiger partial charge in [-0.25, -0.2) is 0 Å². The van der Waals surface area contributed by atoms with Crippen LogP contribution in [0.5, 0.6) is 5.75 Å². The van der Waals surface area contributed by atoms with Crippen molar-refractivity contribution in [1.82, 2.24) is 10.2 Å². The van der Waals surface area contributed by atoms with Gasteiger partial charge in [0.15, 0.2) is 5.78 Å². The van der Waals surface area contributed by atoms with Crippen molar-refractivity contribution >= 4 is 16.7 Å². The van der Waals surface area contributed by atoms with Crippen molar-refractivity contribution in [2.24, 2.45) is 0 Å². The Morgan fingerprint density at radius 1 is 1.14 bits per heavy atom. The van der Waals surface area contributed by atoms with E-state index in [0.29, 0.717) is 23.5 Å². The average molecular weight is 292 g/mol. The molecule has 1 N–H and O–H groups in total. The summed E-state index contributed by atoms with van der Waals surface area (Å²) in [6.45, 7) is 2.74. The van der Waals surface area contributed by atoms with E-state index in [1.807, 2.05) is 36.4 Å². The van der Waals surface area contributed by atoms with E-state index in [1.165, 1.54) is 0 Å². The van der Waals surface area contributed by atoms with Crippen LogP contribution < -0.4 is 4.74 Å². The molecule has 0 saturated carbocycles. The van der Waals surface area contributed by atoms with Gasteiger partial charge in [0.25, 0.3) is 0 Å². The topological polar surface area (TPSA) is 55.0 Å². The molecule has 1 heterocycles. The third kappa shape index (κ3) is 1.77. The number of H-pyrrole nitrogens is 1. The van der Waals surface area contributed by atoms with Crippen LogP contribution in [0.1, 0.15) is 35.7 Å². The fraction of sp³-hybridized carbons (Fsp3) is 0.222. The van der Waals surface area contributed by atoms with Gasteiger partial charge in [0.05, 0.1) is 17.7 Å². The van der Waals surface area contributed by atoms with Gasteiger partial charge >= 0.3 is 0 Å². The van der Waals surface area contributed by atoms with Gasteiger partial charge < -0.3 is 4.74 Å². The van der Waals surface area contributed by atoms with E-state index in [4.69, 9.17) is 4.74 Å². The first kappa shape index (κ1) is 13.1. The van der Waals surface area contributed by atoms with E-state index in [1.54, 1.807) is 0 Å². The van der Waals surface area contributed by atoms with Crippen molar-refractivity contribution in [2.45, 2.75) is 19.8 Å². The number of rotatable bonds is 4. The molecule has 0 amide bonds. The van der Waals surface area contributed by atoms with Gasteiger partial charge in [0.1, 0.15) is 11.4 Å². The molecule has 1 aliphatic rings. The molecule has 0 aliphatic heterocycles. The third-order valence-electron chi connectivity index (χ3n) is 4.10. The number of carbonyl (C=O) groups is 1. The molecule has 2 aromatic carbocycles. The van der Waals surface area contributed by atoms with Crippen LogP contribution in [0.4, 0.5) is 0 Å². The number of fused-ring (bicyclic) bond motifs is 2. The van der Waals surface area contributed by atoms with Crippen LogP contribution in [-0.2, 0) is 0 Å². The Morgan fingerprint density at radius 3 is 2.82 bits per heavy atom. The van der Waals surface area contributed by atoms with Crippen LogP contribution in [0, 0.1) is 0 Å². The highest BCUT2D eigenvalue weighted by Gasteiger charge is 2.29. The highest BCUT2D eigenvalue weighted by Crippen LogP contribution is 2.41. The van der Waals surface area contributed by atoms with Gasteiger partial charge in [-0.3, -0.25) is 9.89 Å². The van der Waals surface area contributed by atoms with E-state index in [-0.39, 0.29) is 5.78 Å². The Bertz CT molecular complexity index is 880. The minimum atomic E-state index is 0.0154. The summed E-state index contributed by atoms with van der Waals surface area (Å²) in [6, 6.07) is 11.4. The Balaban J connectivity index is 1.92. The Morgan fingerprint density at radius 2 is 1.95 bits per heavy atom. The number of nitrogens with one attached hydrogen (secondary N) is 1.